The molecule has 0 unspecified atom stereocenters. The van der Waals surface area contributed by atoms with Crippen molar-refractivity contribution >= 4 is 23.7 Å². The van der Waals surface area contributed by atoms with Gasteiger partial charge in [-0.2, -0.15) is 0 Å². The molecule has 160 valence electrons. The van der Waals surface area contributed by atoms with Crippen LogP contribution in [0, 0.1) is 17.8 Å². The lowest BCUT2D eigenvalue weighted by molar-refractivity contribution is -0.152. The van der Waals surface area contributed by atoms with E-state index in [0.717, 1.165) is 0 Å². The molecule has 0 saturated carbocycles. The molecule has 2 fully saturated rings. The first-order valence-corrected chi connectivity index (χ1v) is 10.8. The highest BCUT2D eigenvalue weighted by Gasteiger charge is 2.51. The van der Waals surface area contributed by atoms with Crippen LogP contribution >= 0.6 is 0 Å². The lowest BCUT2D eigenvalue weighted by atomic mass is 9.85. The second-order valence-corrected chi connectivity index (χ2v) is 8.71. The summed E-state index contributed by atoms with van der Waals surface area (Å²) in [7, 11) is 0. The molecule has 0 bridgehead atoms. The zero-order chi connectivity index (χ0) is 21.3. The number of amides is 3. The average molecular weight is 412 g/mol. The molecule has 30 heavy (non-hydrogen) atoms. The van der Waals surface area contributed by atoms with E-state index in [1.54, 1.807) is 23.4 Å². The van der Waals surface area contributed by atoms with Crippen LogP contribution in [0.3, 0.4) is 0 Å². The maximum absolute atomic E-state index is 13.5. The van der Waals surface area contributed by atoms with E-state index in [0.29, 0.717) is 51.4 Å². The Kier molecular flexibility index (Phi) is 5.83. The summed E-state index contributed by atoms with van der Waals surface area (Å²) < 4.78 is 0. The molecule has 8 nitrogen and oxygen atoms in total. The van der Waals surface area contributed by atoms with E-state index in [1.165, 1.54) is 4.90 Å². The topological polar surface area (TPSA) is 86.7 Å². The van der Waals surface area contributed by atoms with Crippen LogP contribution in [0.1, 0.15) is 33.1 Å². The molecule has 3 amide bonds. The summed E-state index contributed by atoms with van der Waals surface area (Å²) in [4.78, 5) is 53.3. The van der Waals surface area contributed by atoms with Crippen molar-refractivity contribution < 1.29 is 14.4 Å². The maximum Gasteiger partial charge on any atom is 0.246 e. The van der Waals surface area contributed by atoms with Gasteiger partial charge in [0.05, 0.1) is 11.8 Å². The Morgan fingerprint density at radius 3 is 2.10 bits per heavy atom. The van der Waals surface area contributed by atoms with Gasteiger partial charge in [0.2, 0.25) is 23.7 Å². The first-order valence-electron chi connectivity index (χ1n) is 10.8. The van der Waals surface area contributed by atoms with E-state index in [4.69, 9.17) is 0 Å². The fourth-order valence-electron chi connectivity index (χ4n) is 4.69. The number of piperazine rings is 1. The number of likely N-dealkylation sites (tertiary alicyclic amines) is 1. The first-order chi connectivity index (χ1) is 14.5. The number of carbonyl (C=O) groups excluding carboxylic acids is 3. The molecule has 3 heterocycles. The van der Waals surface area contributed by atoms with E-state index in [2.05, 4.69) is 9.97 Å². The van der Waals surface area contributed by atoms with Crippen LogP contribution in [-0.4, -0.2) is 69.7 Å². The molecule has 1 aliphatic carbocycles. The van der Waals surface area contributed by atoms with Gasteiger partial charge in [-0.1, -0.05) is 26.0 Å². The molecule has 0 aromatic carbocycles. The van der Waals surface area contributed by atoms with Crippen LogP contribution in [-0.2, 0) is 14.4 Å². The quantitative estimate of drug-likeness (QED) is 0.539. The molecule has 0 spiro atoms. The second kappa shape index (κ2) is 8.53. The maximum atomic E-state index is 13.5. The van der Waals surface area contributed by atoms with Crippen LogP contribution in [0.25, 0.3) is 0 Å². The van der Waals surface area contributed by atoms with Crippen molar-refractivity contribution in [3.05, 3.63) is 30.6 Å². The molecule has 2 saturated heterocycles. The summed E-state index contributed by atoms with van der Waals surface area (Å²) in [6.07, 6.45) is 9.02. The molecule has 1 aromatic rings. The molecule has 2 aliphatic heterocycles. The summed E-state index contributed by atoms with van der Waals surface area (Å²) in [5.74, 6) is -0.238. The largest absolute Gasteiger partial charge is 0.337 e. The lowest BCUT2D eigenvalue weighted by Crippen LogP contribution is -2.56. The van der Waals surface area contributed by atoms with Gasteiger partial charge in [-0.3, -0.25) is 19.3 Å². The summed E-state index contributed by atoms with van der Waals surface area (Å²) in [6.45, 7) is 6.34. The van der Waals surface area contributed by atoms with Crippen LogP contribution in [0.15, 0.2) is 30.6 Å². The number of fused-ring (bicyclic) bond motifs is 1. The molecule has 0 N–H and O–H groups in total. The van der Waals surface area contributed by atoms with Gasteiger partial charge in [0.15, 0.2) is 0 Å². The lowest BCUT2D eigenvalue weighted by Gasteiger charge is -2.38. The van der Waals surface area contributed by atoms with Gasteiger partial charge < -0.3 is 9.80 Å². The smallest absolute Gasteiger partial charge is 0.246 e. The highest BCUT2D eigenvalue weighted by molar-refractivity contribution is 6.08. The second-order valence-electron chi connectivity index (χ2n) is 8.71. The van der Waals surface area contributed by atoms with Gasteiger partial charge >= 0.3 is 0 Å². The molecular formula is C22H29N5O3. The molecule has 3 aliphatic rings. The number of carbonyl (C=O) groups is 3. The SMILES string of the molecule is CC(C)C[C@H](C(=O)N1CCN(c2ncccn2)CC1)N1C(=O)[C@H]2CC=CC[C@H]2C1=O. The third kappa shape index (κ3) is 3.82. The molecular weight excluding hydrogens is 382 g/mol. The predicted octanol–water partition coefficient (Wildman–Crippen LogP) is 1.49. The number of aromatic nitrogens is 2. The molecule has 3 atom stereocenters. The Bertz CT molecular complexity index is 806. The monoisotopic (exact) mass is 411 g/mol. The number of imide groups is 1. The molecule has 8 heteroatoms. The van der Waals surface area contributed by atoms with Crippen molar-refractivity contribution in [3.8, 4) is 0 Å². The Labute approximate surface area is 176 Å². The Balaban J connectivity index is 1.48. The number of anilines is 1. The fourth-order valence-corrected chi connectivity index (χ4v) is 4.69. The molecule has 4 rings (SSSR count). The Morgan fingerprint density at radius 1 is 1.00 bits per heavy atom. The van der Waals surface area contributed by atoms with E-state index in [1.807, 2.05) is 30.9 Å². The van der Waals surface area contributed by atoms with Crippen molar-refractivity contribution in [1.29, 1.82) is 0 Å². The number of hydrogen-bond acceptors (Lipinski definition) is 6. The van der Waals surface area contributed by atoms with Crippen LogP contribution in [0.4, 0.5) is 5.95 Å². The van der Waals surface area contributed by atoms with E-state index < -0.39 is 6.04 Å². The molecule has 0 radical (unpaired) electrons. The minimum absolute atomic E-state index is 0.120. The van der Waals surface area contributed by atoms with Gasteiger partial charge in [-0.05, 0) is 31.2 Å². The van der Waals surface area contributed by atoms with Gasteiger partial charge in [-0.25, -0.2) is 9.97 Å². The van der Waals surface area contributed by atoms with Crippen molar-refractivity contribution in [3.63, 3.8) is 0 Å². The fraction of sp³-hybridized carbons (Fsp3) is 0.591. The Morgan fingerprint density at radius 2 is 1.57 bits per heavy atom. The van der Waals surface area contributed by atoms with Crippen LogP contribution in [0.2, 0.25) is 0 Å². The van der Waals surface area contributed by atoms with Crippen molar-refractivity contribution in [1.82, 2.24) is 19.8 Å². The van der Waals surface area contributed by atoms with Crippen molar-refractivity contribution in [2.45, 2.75) is 39.2 Å². The van der Waals surface area contributed by atoms with Crippen LogP contribution < -0.4 is 4.90 Å². The minimum Gasteiger partial charge on any atom is -0.337 e. The standard InChI is InChI=1S/C22H29N5O3/c1-15(2)14-18(27-19(28)16-6-3-4-7-17(16)20(27)29)21(30)25-10-12-26(13-11-25)22-23-8-5-9-24-22/h3-5,8-9,15-18H,6-7,10-14H2,1-2H3/t16-,17+,18-/m1/s1. The normalized spacial score (nSPS) is 25.1. The number of hydrogen-bond donors (Lipinski definition) is 0. The highest BCUT2D eigenvalue weighted by Crippen LogP contribution is 2.37. The van der Waals surface area contributed by atoms with Gasteiger partial charge in [0, 0.05) is 38.6 Å². The zero-order valence-electron chi connectivity index (χ0n) is 17.6. The average Bonchev–Trinajstić information content (AvgIpc) is 3.02. The summed E-state index contributed by atoms with van der Waals surface area (Å²) in [5.41, 5.74) is 0. The predicted molar refractivity (Wildman–Crippen MR) is 111 cm³/mol. The van der Waals surface area contributed by atoms with Crippen molar-refractivity contribution in [2.75, 3.05) is 31.1 Å². The zero-order valence-corrected chi connectivity index (χ0v) is 17.6. The third-order valence-electron chi connectivity index (χ3n) is 6.26. The first kappa shape index (κ1) is 20.5. The van der Waals surface area contributed by atoms with E-state index in [9.17, 15) is 14.4 Å². The Hall–Kier alpha value is -2.77. The van der Waals surface area contributed by atoms with Gasteiger partial charge in [-0.15, -0.1) is 0 Å². The van der Waals surface area contributed by atoms with Crippen LogP contribution in [0.5, 0.6) is 0 Å². The van der Waals surface area contributed by atoms with Gasteiger partial charge in [0.25, 0.3) is 0 Å². The summed E-state index contributed by atoms with van der Waals surface area (Å²) >= 11 is 0. The number of allylic oxidation sites excluding steroid dienone is 2. The highest BCUT2D eigenvalue weighted by atomic mass is 16.2. The third-order valence-corrected chi connectivity index (χ3v) is 6.26. The minimum atomic E-state index is -0.713. The number of rotatable bonds is 5. The van der Waals surface area contributed by atoms with E-state index in [-0.39, 0.29) is 35.5 Å². The number of nitrogens with zero attached hydrogens (tertiary/aromatic N) is 5. The van der Waals surface area contributed by atoms with Gasteiger partial charge in [0.1, 0.15) is 6.04 Å². The summed E-state index contributed by atoms with van der Waals surface area (Å²) in [5, 5.41) is 0. The van der Waals surface area contributed by atoms with Crippen molar-refractivity contribution in [2.24, 2.45) is 17.8 Å². The van der Waals surface area contributed by atoms with E-state index >= 15 is 0 Å². The molecule has 1 aromatic heterocycles. The summed E-state index contributed by atoms with van der Waals surface area (Å²) in [6, 6.07) is 1.06.